The van der Waals surface area contributed by atoms with Crippen molar-refractivity contribution in [3.8, 4) is 5.75 Å². The van der Waals surface area contributed by atoms with Gasteiger partial charge >= 0.3 is 0 Å². The number of amides is 1. The smallest absolute Gasteiger partial charge is 0.275 e. The monoisotopic (exact) mass is 300 g/mol. The molecule has 2 heterocycles. The van der Waals surface area contributed by atoms with Crippen LogP contribution in [0.2, 0.25) is 0 Å². The first-order chi connectivity index (χ1) is 10.3. The van der Waals surface area contributed by atoms with Crippen LogP contribution in [0.15, 0.2) is 50.6 Å². The van der Waals surface area contributed by atoms with Gasteiger partial charge in [-0.25, -0.2) is 5.43 Å². The molecule has 0 radical (unpaired) electrons. The minimum Gasteiger partial charge on any atom is -0.495 e. The zero-order chi connectivity index (χ0) is 14.7. The summed E-state index contributed by atoms with van der Waals surface area (Å²) in [7, 11) is 1.52. The van der Waals surface area contributed by atoms with E-state index in [0.29, 0.717) is 17.1 Å². The molecule has 0 spiro atoms. The van der Waals surface area contributed by atoms with E-state index in [4.69, 9.17) is 9.15 Å². The third kappa shape index (κ3) is 2.80. The molecule has 0 aliphatic rings. The van der Waals surface area contributed by atoms with Crippen LogP contribution >= 0.6 is 11.3 Å². The second-order valence-corrected chi connectivity index (χ2v) is 4.98. The first kappa shape index (κ1) is 13.4. The highest BCUT2D eigenvalue weighted by molar-refractivity contribution is 7.08. The Labute approximate surface area is 124 Å². The molecule has 0 saturated carbocycles. The number of para-hydroxylation sites is 1. The third-order valence-corrected chi connectivity index (χ3v) is 3.62. The van der Waals surface area contributed by atoms with Crippen molar-refractivity contribution in [2.24, 2.45) is 5.10 Å². The van der Waals surface area contributed by atoms with E-state index >= 15 is 0 Å². The van der Waals surface area contributed by atoms with Gasteiger partial charge in [0.25, 0.3) is 5.91 Å². The van der Waals surface area contributed by atoms with Crippen LogP contribution in [0.25, 0.3) is 11.0 Å². The summed E-state index contributed by atoms with van der Waals surface area (Å²) < 4.78 is 10.7. The van der Waals surface area contributed by atoms with Crippen molar-refractivity contribution in [1.29, 1.82) is 0 Å². The molecule has 0 aliphatic heterocycles. The van der Waals surface area contributed by atoms with Gasteiger partial charge in [0, 0.05) is 16.1 Å². The van der Waals surface area contributed by atoms with Crippen LogP contribution in [0.1, 0.15) is 16.1 Å². The molecule has 1 aromatic carbocycles. The molecule has 1 N–H and O–H groups in total. The average molecular weight is 300 g/mol. The fourth-order valence-corrected chi connectivity index (χ4v) is 2.66. The number of thiophene rings is 1. The summed E-state index contributed by atoms with van der Waals surface area (Å²) in [6.07, 6.45) is 1.47. The predicted molar refractivity (Wildman–Crippen MR) is 82.1 cm³/mol. The minimum atomic E-state index is -0.319. The SMILES string of the molecule is COc1cscc1C(=O)NN=Cc1cc2ccccc2o1. The van der Waals surface area contributed by atoms with Gasteiger partial charge in [0.15, 0.2) is 0 Å². The van der Waals surface area contributed by atoms with E-state index in [1.807, 2.05) is 30.3 Å². The van der Waals surface area contributed by atoms with Crippen molar-refractivity contribution in [3.05, 3.63) is 52.4 Å². The summed E-state index contributed by atoms with van der Waals surface area (Å²) in [5.74, 6) is 0.797. The van der Waals surface area contributed by atoms with Crippen LogP contribution in [0.3, 0.4) is 0 Å². The third-order valence-electron chi connectivity index (χ3n) is 2.89. The summed E-state index contributed by atoms with van der Waals surface area (Å²) in [4.78, 5) is 11.9. The molecule has 2 aromatic heterocycles. The van der Waals surface area contributed by atoms with E-state index in [2.05, 4.69) is 10.5 Å². The first-order valence-corrected chi connectivity index (χ1v) is 7.14. The summed E-state index contributed by atoms with van der Waals surface area (Å²) >= 11 is 1.40. The van der Waals surface area contributed by atoms with Crippen molar-refractivity contribution in [1.82, 2.24) is 5.43 Å². The first-order valence-electron chi connectivity index (χ1n) is 6.20. The number of furan rings is 1. The number of nitrogens with zero attached hydrogens (tertiary/aromatic N) is 1. The maximum Gasteiger partial charge on any atom is 0.275 e. The molecule has 0 unspecified atom stereocenters. The fraction of sp³-hybridized carbons (Fsp3) is 0.0667. The number of fused-ring (bicyclic) bond motifs is 1. The van der Waals surface area contributed by atoms with Crippen molar-refractivity contribution >= 4 is 34.4 Å². The number of carbonyl (C=O) groups is 1. The van der Waals surface area contributed by atoms with E-state index in [1.165, 1.54) is 24.7 Å². The Hall–Kier alpha value is -2.60. The molecule has 0 fully saturated rings. The van der Waals surface area contributed by atoms with Gasteiger partial charge in [0.05, 0.1) is 18.9 Å². The summed E-state index contributed by atoms with van der Waals surface area (Å²) in [6.45, 7) is 0. The summed E-state index contributed by atoms with van der Waals surface area (Å²) in [6, 6.07) is 9.52. The van der Waals surface area contributed by atoms with Crippen LogP contribution in [0, 0.1) is 0 Å². The highest BCUT2D eigenvalue weighted by Gasteiger charge is 2.12. The standard InChI is InChI=1S/C15H12N2O3S/c1-19-14-9-21-8-12(14)15(18)17-16-7-11-6-10-4-2-3-5-13(10)20-11/h2-9H,1H3,(H,17,18). The molecule has 3 rings (SSSR count). The van der Waals surface area contributed by atoms with Crippen LogP contribution in [-0.4, -0.2) is 19.2 Å². The Kier molecular flexibility index (Phi) is 3.70. The lowest BCUT2D eigenvalue weighted by molar-refractivity contribution is 0.0952. The lowest BCUT2D eigenvalue weighted by Gasteiger charge is -2.00. The number of hydrogen-bond donors (Lipinski definition) is 1. The molecule has 106 valence electrons. The maximum atomic E-state index is 11.9. The number of ether oxygens (including phenoxy) is 1. The molecule has 5 nitrogen and oxygen atoms in total. The van der Waals surface area contributed by atoms with Crippen molar-refractivity contribution in [3.63, 3.8) is 0 Å². The largest absolute Gasteiger partial charge is 0.495 e. The van der Waals surface area contributed by atoms with Crippen molar-refractivity contribution < 1.29 is 13.9 Å². The molecule has 6 heteroatoms. The van der Waals surface area contributed by atoms with Crippen LogP contribution in [0.5, 0.6) is 5.75 Å². The zero-order valence-corrected chi connectivity index (χ0v) is 12.0. The van der Waals surface area contributed by atoms with E-state index < -0.39 is 0 Å². The van der Waals surface area contributed by atoms with Gasteiger partial charge in [-0.05, 0) is 12.1 Å². The highest BCUT2D eigenvalue weighted by atomic mass is 32.1. The topological polar surface area (TPSA) is 63.8 Å². The zero-order valence-electron chi connectivity index (χ0n) is 11.2. The second kappa shape index (κ2) is 5.80. The number of hydrazone groups is 1. The Bertz CT molecular complexity index is 771. The molecule has 0 bridgehead atoms. The quantitative estimate of drug-likeness (QED) is 0.594. The number of hydrogen-bond acceptors (Lipinski definition) is 5. The highest BCUT2D eigenvalue weighted by Crippen LogP contribution is 2.22. The maximum absolute atomic E-state index is 11.9. The van der Waals surface area contributed by atoms with E-state index in [1.54, 1.807) is 10.8 Å². The summed E-state index contributed by atoms with van der Waals surface area (Å²) in [5.41, 5.74) is 3.69. The Morgan fingerprint density at radius 2 is 2.24 bits per heavy atom. The molecule has 1 amide bonds. The van der Waals surface area contributed by atoms with Gasteiger partial charge in [0.2, 0.25) is 0 Å². The molecule has 0 aliphatic carbocycles. The van der Waals surface area contributed by atoms with Gasteiger partial charge in [-0.15, -0.1) is 11.3 Å². The van der Waals surface area contributed by atoms with Gasteiger partial charge in [0.1, 0.15) is 17.1 Å². The van der Waals surface area contributed by atoms with Crippen molar-refractivity contribution in [2.45, 2.75) is 0 Å². The van der Waals surface area contributed by atoms with Gasteiger partial charge in [-0.3, -0.25) is 4.79 Å². The lowest BCUT2D eigenvalue weighted by atomic mass is 10.2. The second-order valence-electron chi connectivity index (χ2n) is 4.24. The Morgan fingerprint density at radius 1 is 1.38 bits per heavy atom. The summed E-state index contributed by atoms with van der Waals surface area (Å²) in [5, 5.41) is 8.36. The number of nitrogens with one attached hydrogen (secondary N) is 1. The number of carbonyl (C=O) groups excluding carboxylic acids is 1. The Morgan fingerprint density at radius 3 is 3.05 bits per heavy atom. The van der Waals surface area contributed by atoms with Gasteiger partial charge in [-0.1, -0.05) is 18.2 Å². The van der Waals surface area contributed by atoms with Gasteiger partial charge in [-0.2, -0.15) is 5.10 Å². The Balaban J connectivity index is 1.70. The van der Waals surface area contributed by atoms with E-state index in [0.717, 1.165) is 11.0 Å². The van der Waals surface area contributed by atoms with E-state index in [-0.39, 0.29) is 5.91 Å². The molecule has 0 saturated heterocycles. The van der Waals surface area contributed by atoms with E-state index in [9.17, 15) is 4.79 Å². The number of rotatable bonds is 4. The average Bonchev–Trinajstić information content (AvgIpc) is 3.12. The molecule has 0 atom stereocenters. The number of benzene rings is 1. The molecular formula is C15H12N2O3S. The lowest BCUT2D eigenvalue weighted by Crippen LogP contribution is -2.17. The van der Waals surface area contributed by atoms with Gasteiger partial charge < -0.3 is 9.15 Å². The fourth-order valence-electron chi connectivity index (χ4n) is 1.89. The minimum absolute atomic E-state index is 0.319. The van der Waals surface area contributed by atoms with Crippen LogP contribution in [0.4, 0.5) is 0 Å². The predicted octanol–water partition coefficient (Wildman–Crippen LogP) is 3.27. The molecule has 21 heavy (non-hydrogen) atoms. The number of methoxy groups -OCH3 is 1. The van der Waals surface area contributed by atoms with Crippen LogP contribution < -0.4 is 10.2 Å². The molecule has 3 aromatic rings. The normalized spacial score (nSPS) is 11.1. The van der Waals surface area contributed by atoms with Crippen LogP contribution in [-0.2, 0) is 0 Å². The van der Waals surface area contributed by atoms with Crippen molar-refractivity contribution in [2.75, 3.05) is 7.11 Å². The molecular weight excluding hydrogens is 288 g/mol.